The van der Waals surface area contributed by atoms with E-state index in [1.54, 1.807) is 0 Å². The van der Waals surface area contributed by atoms with Gasteiger partial charge in [-0.05, 0) is 20.8 Å². The predicted octanol–water partition coefficient (Wildman–Crippen LogP) is 0.181. The molecule has 70 valence electrons. The van der Waals surface area contributed by atoms with Gasteiger partial charge in [0.25, 0.3) is 0 Å². The van der Waals surface area contributed by atoms with Crippen molar-refractivity contribution in [2.75, 3.05) is 6.61 Å². The summed E-state index contributed by atoms with van der Waals surface area (Å²) in [5, 5.41) is 0. The van der Waals surface area contributed by atoms with E-state index in [1.807, 2.05) is 13.8 Å². The van der Waals surface area contributed by atoms with Gasteiger partial charge in [-0.3, -0.25) is 4.79 Å². The predicted molar refractivity (Wildman–Crippen MR) is 50.9 cm³/mol. The van der Waals surface area contributed by atoms with Gasteiger partial charge in [0.2, 0.25) is 0 Å². The molecule has 0 saturated carbocycles. The summed E-state index contributed by atoms with van der Waals surface area (Å²) in [4.78, 5) is 10.7. The zero-order chi connectivity index (χ0) is 9.56. The number of carbonyl (C=O) groups excluding carboxylic acids is 1. The van der Waals surface area contributed by atoms with E-state index >= 15 is 0 Å². The van der Waals surface area contributed by atoms with Crippen molar-refractivity contribution in [1.29, 1.82) is 0 Å². The molecule has 0 aromatic carbocycles. The molecule has 0 amide bonds. The fourth-order valence-electron chi connectivity index (χ4n) is 0.781. The van der Waals surface area contributed by atoms with E-state index in [-0.39, 0.29) is 11.9 Å². The molecule has 0 fully saturated rings. The second-order valence-corrected chi connectivity index (χ2v) is 3.40. The van der Waals surface area contributed by atoms with Gasteiger partial charge in [-0.2, -0.15) is 0 Å². The van der Waals surface area contributed by atoms with Crippen LogP contribution in [0.3, 0.4) is 0 Å². The van der Waals surface area contributed by atoms with Crippen LogP contribution in [0.1, 0.15) is 20.8 Å². The zero-order valence-corrected chi connectivity index (χ0v) is 10.1. The first-order chi connectivity index (χ1) is 5.56. The molecule has 0 rings (SSSR count). The number of ether oxygens (including phenoxy) is 1. The van der Waals surface area contributed by atoms with Crippen LogP contribution in [0.25, 0.3) is 0 Å². The molecular formula is C8H16O3Si. The van der Waals surface area contributed by atoms with Crippen LogP contribution in [0.4, 0.5) is 0 Å². The van der Waals surface area contributed by atoms with Gasteiger partial charge >= 0.3 is 0 Å². The Balaban J connectivity index is 4.12. The second kappa shape index (κ2) is 5.96. The number of rotatable bonds is 5. The Kier molecular flexibility index (Phi) is 5.66. The second-order valence-electron chi connectivity index (χ2n) is 2.82. The highest BCUT2D eigenvalue weighted by atomic mass is 28.2. The van der Waals surface area contributed by atoms with Crippen LogP contribution in [-0.2, 0) is 14.0 Å². The van der Waals surface area contributed by atoms with Gasteiger partial charge in [-0.15, -0.1) is 0 Å². The minimum Gasteiger partial charge on any atom is -0.493 e. The van der Waals surface area contributed by atoms with E-state index < -0.39 is 0 Å². The van der Waals surface area contributed by atoms with Gasteiger partial charge in [-0.25, -0.2) is 0 Å². The van der Waals surface area contributed by atoms with E-state index in [0.717, 1.165) is 0 Å². The lowest BCUT2D eigenvalue weighted by Gasteiger charge is -2.12. The van der Waals surface area contributed by atoms with Crippen molar-refractivity contribution < 1.29 is 14.0 Å². The molecule has 0 spiro atoms. The molecule has 0 aromatic heterocycles. The largest absolute Gasteiger partial charge is 0.493 e. The summed E-state index contributed by atoms with van der Waals surface area (Å²) in [6, 6.07) is 0. The molecule has 0 aliphatic carbocycles. The Morgan fingerprint density at radius 2 is 2.17 bits per heavy atom. The van der Waals surface area contributed by atoms with Crippen LogP contribution in [0.2, 0.25) is 0 Å². The van der Waals surface area contributed by atoms with Crippen LogP contribution in [0, 0.1) is 0 Å². The Labute approximate surface area is 76.3 Å². The fraction of sp³-hybridized carbons (Fsp3) is 0.625. The Bertz CT molecular complexity index is 175. The van der Waals surface area contributed by atoms with Crippen LogP contribution in [-0.4, -0.2) is 29.0 Å². The summed E-state index contributed by atoms with van der Waals surface area (Å²) in [6.07, 6.45) is 1.56. The number of hydrogen-bond acceptors (Lipinski definition) is 3. The third-order valence-corrected chi connectivity index (χ3v) is 1.33. The molecule has 3 nitrogen and oxygen atoms in total. The first-order valence-corrected chi connectivity index (χ1v) is 4.74. The molecular weight excluding hydrogens is 172 g/mol. The van der Waals surface area contributed by atoms with Crippen molar-refractivity contribution >= 4 is 16.3 Å². The van der Waals surface area contributed by atoms with Crippen LogP contribution in [0.5, 0.6) is 0 Å². The highest BCUT2D eigenvalue weighted by Crippen LogP contribution is 2.02. The Morgan fingerprint density at radius 1 is 1.58 bits per heavy atom. The highest BCUT2D eigenvalue weighted by molar-refractivity contribution is 5.98. The van der Waals surface area contributed by atoms with Crippen molar-refractivity contribution in [3.8, 4) is 0 Å². The number of carbonyl (C=O) groups is 1. The first kappa shape index (κ1) is 11.4. The normalized spacial score (nSPS) is 12.2. The van der Waals surface area contributed by atoms with Gasteiger partial charge in [0.05, 0.1) is 12.7 Å². The maximum Gasteiger partial charge on any atom is 0.156 e. The summed E-state index contributed by atoms with van der Waals surface area (Å²) in [6.45, 7) is 5.74. The summed E-state index contributed by atoms with van der Waals surface area (Å²) >= 11 is 0. The van der Waals surface area contributed by atoms with E-state index in [9.17, 15) is 4.79 Å². The lowest BCUT2D eigenvalue weighted by Crippen LogP contribution is -2.08. The van der Waals surface area contributed by atoms with Crippen molar-refractivity contribution in [2.24, 2.45) is 0 Å². The molecule has 12 heavy (non-hydrogen) atoms. The van der Waals surface area contributed by atoms with E-state index in [2.05, 4.69) is 0 Å². The molecule has 0 heterocycles. The Hall–Kier alpha value is -0.613. The van der Waals surface area contributed by atoms with Crippen molar-refractivity contribution in [1.82, 2.24) is 0 Å². The van der Waals surface area contributed by atoms with E-state index in [4.69, 9.17) is 9.16 Å². The minimum atomic E-state index is -0.00985. The van der Waals surface area contributed by atoms with Crippen LogP contribution < -0.4 is 0 Å². The summed E-state index contributed by atoms with van der Waals surface area (Å²) < 4.78 is 10.3. The monoisotopic (exact) mass is 188 g/mol. The maximum atomic E-state index is 10.7. The third-order valence-electron chi connectivity index (χ3n) is 1.04. The topological polar surface area (TPSA) is 35.5 Å². The first-order valence-electron chi connectivity index (χ1n) is 3.93. The van der Waals surface area contributed by atoms with Crippen molar-refractivity contribution in [2.45, 2.75) is 26.9 Å². The molecule has 0 aliphatic rings. The summed E-state index contributed by atoms with van der Waals surface area (Å²) in [7, 11) is 0.656. The summed E-state index contributed by atoms with van der Waals surface area (Å²) in [5.41, 5.74) is 0. The number of ketones is 1. The van der Waals surface area contributed by atoms with Crippen molar-refractivity contribution in [3.05, 3.63) is 11.8 Å². The van der Waals surface area contributed by atoms with Gasteiger partial charge in [0, 0.05) is 6.08 Å². The van der Waals surface area contributed by atoms with E-state index in [1.165, 1.54) is 13.0 Å². The lowest BCUT2D eigenvalue weighted by atomic mass is 10.3. The number of hydrogen-bond donors (Lipinski definition) is 0. The third kappa shape index (κ3) is 6.12. The zero-order valence-electron chi connectivity index (χ0n) is 8.09. The molecule has 0 aromatic rings. The maximum absolute atomic E-state index is 10.7. The summed E-state index contributed by atoms with van der Waals surface area (Å²) in [5.74, 6) is 0.608. The lowest BCUT2D eigenvalue weighted by molar-refractivity contribution is -0.112. The molecule has 0 aliphatic heterocycles. The van der Waals surface area contributed by atoms with Crippen LogP contribution in [0.15, 0.2) is 11.8 Å². The van der Waals surface area contributed by atoms with Gasteiger partial charge in [-0.1, -0.05) is 0 Å². The highest BCUT2D eigenvalue weighted by Gasteiger charge is 2.01. The molecule has 4 heteroatoms. The minimum absolute atomic E-state index is 0.00985. The van der Waals surface area contributed by atoms with E-state index in [0.29, 0.717) is 22.9 Å². The van der Waals surface area contributed by atoms with Gasteiger partial charge in [0.1, 0.15) is 16.2 Å². The van der Waals surface area contributed by atoms with Gasteiger partial charge in [0.15, 0.2) is 5.78 Å². The SMILES string of the molecule is CC(=O)C=C(CO[SiH3])OC(C)C. The fourth-order valence-corrected chi connectivity index (χ4v) is 1.07. The molecule has 0 N–H and O–H groups in total. The smallest absolute Gasteiger partial charge is 0.156 e. The standard InChI is InChI=1S/C8H16O3Si/c1-6(2)11-8(5-10-12)4-7(3)9/h4,6H,5H2,1-3,12H3. The molecule has 0 unspecified atom stereocenters. The Morgan fingerprint density at radius 3 is 2.50 bits per heavy atom. The average Bonchev–Trinajstić information content (AvgIpc) is 1.84. The average molecular weight is 188 g/mol. The quantitative estimate of drug-likeness (QED) is 0.351. The molecule has 0 atom stereocenters. The van der Waals surface area contributed by atoms with Gasteiger partial charge < -0.3 is 9.16 Å². The molecule has 0 bridgehead atoms. The number of allylic oxidation sites excluding steroid dienone is 1. The molecule has 0 saturated heterocycles. The molecule has 0 radical (unpaired) electrons. The van der Waals surface area contributed by atoms with Crippen molar-refractivity contribution in [3.63, 3.8) is 0 Å². The van der Waals surface area contributed by atoms with Crippen LogP contribution >= 0.6 is 0 Å².